The molecule has 1 aliphatic rings. The van der Waals surface area contributed by atoms with Crippen LogP contribution in [0.25, 0.3) is 0 Å². The van der Waals surface area contributed by atoms with Crippen LogP contribution >= 0.6 is 22.9 Å². The summed E-state index contributed by atoms with van der Waals surface area (Å²) in [4.78, 5) is 0. The van der Waals surface area contributed by atoms with Gasteiger partial charge in [-0.25, -0.2) is 13.1 Å². The fourth-order valence-corrected chi connectivity index (χ4v) is 5.73. The SMILES string of the molecule is O=S(=O)(c1ccc(Cl)s1)N1CC(n2cc(COc3ccccc3)nn2)C1. The fraction of sp³-hybridized carbons (Fsp3) is 0.250. The van der Waals surface area contributed by atoms with Crippen molar-refractivity contribution in [1.29, 1.82) is 0 Å². The molecule has 0 bridgehead atoms. The number of rotatable bonds is 6. The number of hydrogen-bond acceptors (Lipinski definition) is 6. The predicted molar refractivity (Wildman–Crippen MR) is 97.9 cm³/mol. The quantitative estimate of drug-likeness (QED) is 0.624. The summed E-state index contributed by atoms with van der Waals surface area (Å²) in [5, 5.41) is 8.18. The summed E-state index contributed by atoms with van der Waals surface area (Å²) in [6.45, 7) is 1.03. The zero-order valence-electron chi connectivity index (χ0n) is 13.5. The molecule has 1 aliphatic heterocycles. The van der Waals surface area contributed by atoms with E-state index >= 15 is 0 Å². The van der Waals surface area contributed by atoms with Crippen molar-refractivity contribution >= 4 is 33.0 Å². The van der Waals surface area contributed by atoms with Crippen molar-refractivity contribution in [3.63, 3.8) is 0 Å². The van der Waals surface area contributed by atoms with Gasteiger partial charge in [-0.05, 0) is 24.3 Å². The van der Waals surface area contributed by atoms with Gasteiger partial charge in [-0.2, -0.15) is 4.31 Å². The Labute approximate surface area is 159 Å². The van der Waals surface area contributed by atoms with E-state index in [-0.39, 0.29) is 10.3 Å². The summed E-state index contributed by atoms with van der Waals surface area (Å²) in [5.74, 6) is 0.762. The van der Waals surface area contributed by atoms with Crippen LogP contribution < -0.4 is 4.74 Å². The van der Waals surface area contributed by atoms with Gasteiger partial charge in [-0.1, -0.05) is 35.0 Å². The summed E-state index contributed by atoms with van der Waals surface area (Å²) < 4.78 is 34.4. The molecule has 136 valence electrons. The van der Waals surface area contributed by atoms with Crippen LogP contribution in [0.3, 0.4) is 0 Å². The highest BCUT2D eigenvalue weighted by Gasteiger charge is 2.39. The Kier molecular flexibility index (Phi) is 4.70. The van der Waals surface area contributed by atoms with Gasteiger partial charge in [-0.15, -0.1) is 16.4 Å². The van der Waals surface area contributed by atoms with Gasteiger partial charge in [-0.3, -0.25) is 0 Å². The highest BCUT2D eigenvalue weighted by molar-refractivity contribution is 7.91. The van der Waals surface area contributed by atoms with Gasteiger partial charge in [0.1, 0.15) is 22.3 Å². The number of ether oxygens (including phenoxy) is 1. The lowest BCUT2D eigenvalue weighted by Gasteiger charge is -2.37. The molecule has 0 N–H and O–H groups in total. The number of thiophene rings is 1. The number of sulfonamides is 1. The lowest BCUT2D eigenvalue weighted by atomic mass is 10.2. The Bertz CT molecular complexity index is 997. The third-order valence-electron chi connectivity index (χ3n) is 4.03. The highest BCUT2D eigenvalue weighted by atomic mass is 35.5. The van der Waals surface area contributed by atoms with E-state index in [4.69, 9.17) is 16.3 Å². The lowest BCUT2D eigenvalue weighted by Crippen LogP contribution is -2.50. The first-order chi connectivity index (χ1) is 12.5. The van der Waals surface area contributed by atoms with Crippen LogP contribution in [-0.2, 0) is 16.6 Å². The van der Waals surface area contributed by atoms with E-state index in [1.807, 2.05) is 30.3 Å². The van der Waals surface area contributed by atoms with Crippen LogP contribution in [0.4, 0.5) is 0 Å². The second kappa shape index (κ2) is 6.99. The number of nitrogens with zero attached hydrogens (tertiary/aromatic N) is 4. The van der Waals surface area contributed by atoms with Crippen LogP contribution in [0, 0.1) is 0 Å². The highest BCUT2D eigenvalue weighted by Crippen LogP contribution is 2.33. The Morgan fingerprint density at radius 2 is 1.96 bits per heavy atom. The molecule has 0 saturated carbocycles. The normalized spacial score (nSPS) is 15.7. The van der Waals surface area contributed by atoms with Crippen LogP contribution in [0.2, 0.25) is 4.34 Å². The molecule has 7 nitrogen and oxygen atoms in total. The van der Waals surface area contributed by atoms with Crippen molar-refractivity contribution in [2.45, 2.75) is 16.9 Å². The number of hydrogen-bond donors (Lipinski definition) is 0. The molecule has 2 aromatic heterocycles. The Morgan fingerprint density at radius 1 is 1.19 bits per heavy atom. The molecule has 3 aromatic rings. The average Bonchev–Trinajstić information content (AvgIpc) is 3.22. The van der Waals surface area contributed by atoms with Crippen molar-refractivity contribution in [3.05, 3.63) is 58.7 Å². The maximum atomic E-state index is 12.5. The second-order valence-electron chi connectivity index (χ2n) is 5.83. The van der Waals surface area contributed by atoms with Gasteiger partial charge >= 0.3 is 0 Å². The Morgan fingerprint density at radius 3 is 2.65 bits per heavy atom. The van der Waals surface area contributed by atoms with Crippen molar-refractivity contribution in [2.24, 2.45) is 0 Å². The minimum Gasteiger partial charge on any atom is -0.487 e. The van der Waals surface area contributed by atoms with E-state index in [0.29, 0.717) is 29.7 Å². The van der Waals surface area contributed by atoms with Crippen molar-refractivity contribution in [2.75, 3.05) is 13.1 Å². The van der Waals surface area contributed by atoms with Gasteiger partial charge in [0, 0.05) is 13.1 Å². The molecule has 4 rings (SSSR count). The molecule has 26 heavy (non-hydrogen) atoms. The number of benzene rings is 1. The molecule has 0 spiro atoms. The summed E-state index contributed by atoms with van der Waals surface area (Å²) in [7, 11) is -3.48. The summed E-state index contributed by atoms with van der Waals surface area (Å²) in [6.07, 6.45) is 1.79. The van der Waals surface area contributed by atoms with E-state index in [0.717, 1.165) is 17.1 Å². The topological polar surface area (TPSA) is 77.3 Å². The van der Waals surface area contributed by atoms with Gasteiger partial charge in [0.2, 0.25) is 0 Å². The number of para-hydroxylation sites is 1. The third kappa shape index (κ3) is 3.48. The van der Waals surface area contributed by atoms with Gasteiger partial charge in [0.05, 0.1) is 16.6 Å². The maximum absolute atomic E-state index is 12.5. The van der Waals surface area contributed by atoms with E-state index in [2.05, 4.69) is 10.3 Å². The summed E-state index contributed by atoms with van der Waals surface area (Å²) >= 11 is 6.90. The molecular weight excluding hydrogens is 396 g/mol. The number of halogens is 1. The first-order valence-corrected chi connectivity index (χ1v) is 10.5. The van der Waals surface area contributed by atoms with Crippen molar-refractivity contribution in [1.82, 2.24) is 19.3 Å². The van der Waals surface area contributed by atoms with Crippen molar-refractivity contribution < 1.29 is 13.2 Å². The van der Waals surface area contributed by atoms with E-state index in [9.17, 15) is 8.42 Å². The van der Waals surface area contributed by atoms with Crippen LogP contribution in [-0.4, -0.2) is 40.8 Å². The lowest BCUT2D eigenvalue weighted by molar-refractivity contribution is 0.189. The molecule has 0 amide bonds. The monoisotopic (exact) mass is 410 g/mol. The third-order valence-corrected chi connectivity index (χ3v) is 7.56. The Hall–Kier alpha value is -1.94. The molecule has 1 aromatic carbocycles. The minimum absolute atomic E-state index is 0.0295. The molecule has 3 heterocycles. The zero-order chi connectivity index (χ0) is 18.1. The zero-order valence-corrected chi connectivity index (χ0v) is 15.9. The minimum atomic E-state index is -3.48. The van der Waals surface area contributed by atoms with Crippen molar-refractivity contribution in [3.8, 4) is 5.75 Å². The molecule has 0 radical (unpaired) electrons. The van der Waals surface area contributed by atoms with Gasteiger partial charge in [0.15, 0.2) is 0 Å². The first kappa shape index (κ1) is 17.5. The molecule has 0 atom stereocenters. The average molecular weight is 411 g/mol. The second-order valence-corrected chi connectivity index (χ2v) is 9.71. The molecule has 10 heteroatoms. The Balaban J connectivity index is 1.35. The maximum Gasteiger partial charge on any atom is 0.252 e. The first-order valence-electron chi connectivity index (χ1n) is 7.86. The predicted octanol–water partition coefficient (Wildman–Crippen LogP) is 2.82. The van der Waals surface area contributed by atoms with E-state index in [1.54, 1.807) is 16.9 Å². The molecule has 1 fully saturated rings. The molecule has 0 aliphatic carbocycles. The smallest absolute Gasteiger partial charge is 0.252 e. The largest absolute Gasteiger partial charge is 0.487 e. The summed E-state index contributed by atoms with van der Waals surface area (Å²) in [6, 6.07) is 12.6. The standard InChI is InChI=1S/C16H15ClN4O3S2/c17-15-6-7-16(25-15)26(22,23)20-9-13(10-20)21-8-12(18-19-21)11-24-14-4-2-1-3-5-14/h1-8,13H,9-11H2. The summed E-state index contributed by atoms with van der Waals surface area (Å²) in [5.41, 5.74) is 0.695. The molecule has 1 saturated heterocycles. The van der Waals surface area contributed by atoms with Crippen LogP contribution in [0.15, 0.2) is 52.9 Å². The van der Waals surface area contributed by atoms with Crippen LogP contribution in [0.5, 0.6) is 5.75 Å². The fourth-order valence-electron chi connectivity index (χ4n) is 2.58. The molecular formula is C16H15ClN4O3S2. The van der Waals surface area contributed by atoms with E-state index < -0.39 is 10.0 Å². The van der Waals surface area contributed by atoms with Crippen LogP contribution in [0.1, 0.15) is 11.7 Å². The van der Waals surface area contributed by atoms with Gasteiger partial charge in [0.25, 0.3) is 10.0 Å². The number of aromatic nitrogens is 3. The van der Waals surface area contributed by atoms with Gasteiger partial charge < -0.3 is 4.74 Å². The molecule has 0 unspecified atom stereocenters. The van der Waals surface area contributed by atoms with E-state index in [1.165, 1.54) is 10.4 Å².